The van der Waals surface area contributed by atoms with E-state index in [4.69, 9.17) is 5.84 Å². The number of hydrazine groups is 1. The molecule has 0 amide bonds. The average Bonchev–Trinajstić information content (AvgIpc) is 3.00. The van der Waals surface area contributed by atoms with Crippen LogP contribution in [0, 0.1) is 11.8 Å². The zero-order valence-electron chi connectivity index (χ0n) is 9.54. The van der Waals surface area contributed by atoms with Gasteiger partial charge in [-0.05, 0) is 24.7 Å². The lowest BCUT2D eigenvalue weighted by Gasteiger charge is -2.34. The van der Waals surface area contributed by atoms with E-state index in [1.54, 1.807) is 0 Å². The van der Waals surface area contributed by atoms with Gasteiger partial charge in [0.05, 0.1) is 0 Å². The Kier molecular flexibility index (Phi) is 4.88. The molecule has 1 fully saturated rings. The van der Waals surface area contributed by atoms with Crippen molar-refractivity contribution in [3.8, 4) is 0 Å². The first-order valence-electron chi connectivity index (χ1n) is 5.70. The molecule has 1 aliphatic carbocycles. The molecule has 1 saturated carbocycles. The second kappa shape index (κ2) is 5.47. The van der Waals surface area contributed by atoms with Gasteiger partial charge in [-0.2, -0.15) is 0 Å². The maximum Gasteiger partial charge on any atom is 0.0369 e. The van der Waals surface area contributed by atoms with Gasteiger partial charge < -0.3 is 0 Å². The zero-order valence-corrected chi connectivity index (χ0v) is 11.1. The molecule has 2 N–H and O–H groups in total. The fourth-order valence-electron chi connectivity index (χ4n) is 1.89. The van der Waals surface area contributed by atoms with Crippen molar-refractivity contribution in [3.63, 3.8) is 0 Å². The van der Waals surface area contributed by atoms with E-state index in [0.717, 1.165) is 11.2 Å². The van der Waals surface area contributed by atoms with Gasteiger partial charge in [0.15, 0.2) is 0 Å². The molecule has 1 rings (SSSR count). The van der Waals surface area contributed by atoms with Gasteiger partial charge in [-0.1, -0.05) is 43.1 Å². The van der Waals surface area contributed by atoms with E-state index < -0.39 is 0 Å². The normalized spacial score (nSPS) is 23.6. The van der Waals surface area contributed by atoms with Crippen LogP contribution in [0.1, 0.15) is 40.0 Å². The predicted molar refractivity (Wildman–Crippen MR) is 65.2 cm³/mol. The fraction of sp³-hybridized carbons (Fsp3) is 1.00. The summed E-state index contributed by atoms with van der Waals surface area (Å²) >= 11 is 3.59. The number of hydrogen-bond acceptors (Lipinski definition) is 2. The Labute approximate surface area is 96.3 Å². The van der Waals surface area contributed by atoms with Gasteiger partial charge in [-0.15, -0.1) is 0 Å². The van der Waals surface area contributed by atoms with E-state index in [1.165, 1.54) is 19.3 Å². The van der Waals surface area contributed by atoms with Gasteiger partial charge in [-0.3, -0.25) is 5.84 Å². The van der Waals surface area contributed by atoms with Crippen LogP contribution in [-0.4, -0.2) is 22.4 Å². The van der Waals surface area contributed by atoms with Crippen LogP contribution in [0.3, 0.4) is 0 Å². The second-order valence-electron chi connectivity index (χ2n) is 4.64. The van der Waals surface area contributed by atoms with Crippen molar-refractivity contribution in [1.29, 1.82) is 0 Å². The quantitative estimate of drug-likeness (QED) is 0.453. The van der Waals surface area contributed by atoms with Gasteiger partial charge >= 0.3 is 0 Å². The number of nitrogens with two attached hydrogens (primary N) is 1. The molecule has 0 unspecified atom stereocenters. The predicted octanol–water partition coefficient (Wildman–Crippen LogP) is 2.77. The lowest BCUT2D eigenvalue weighted by Crippen LogP contribution is -2.48. The Morgan fingerprint density at radius 2 is 2.00 bits per heavy atom. The lowest BCUT2D eigenvalue weighted by atomic mass is 9.87. The van der Waals surface area contributed by atoms with Crippen molar-refractivity contribution in [2.24, 2.45) is 17.7 Å². The van der Waals surface area contributed by atoms with Crippen LogP contribution in [0.5, 0.6) is 0 Å². The molecule has 14 heavy (non-hydrogen) atoms. The van der Waals surface area contributed by atoms with Crippen LogP contribution in [0.15, 0.2) is 0 Å². The smallest absolute Gasteiger partial charge is 0.0369 e. The summed E-state index contributed by atoms with van der Waals surface area (Å²) in [6, 6.07) is 1.15. The molecule has 0 spiro atoms. The minimum atomic E-state index is 0.498. The second-order valence-corrected chi connectivity index (χ2v) is 5.29. The highest BCUT2D eigenvalue weighted by atomic mass is 79.9. The molecule has 0 aromatic heterocycles. The van der Waals surface area contributed by atoms with Gasteiger partial charge in [0.25, 0.3) is 0 Å². The summed E-state index contributed by atoms with van der Waals surface area (Å²) in [7, 11) is 0. The molecular weight excluding hydrogens is 240 g/mol. The summed E-state index contributed by atoms with van der Waals surface area (Å²) in [6.45, 7) is 6.90. The molecule has 3 atom stereocenters. The maximum atomic E-state index is 6.13. The molecule has 0 radical (unpaired) electrons. The number of rotatable bonds is 6. The molecular formula is C11H23BrN2. The third-order valence-corrected chi connectivity index (χ3v) is 4.32. The minimum Gasteiger partial charge on any atom is -0.268 e. The molecule has 0 aliphatic heterocycles. The van der Waals surface area contributed by atoms with E-state index >= 15 is 0 Å². The summed E-state index contributed by atoms with van der Waals surface area (Å²) in [4.78, 5) is 0. The summed E-state index contributed by atoms with van der Waals surface area (Å²) in [5.41, 5.74) is 0. The van der Waals surface area contributed by atoms with E-state index in [2.05, 4.69) is 41.7 Å². The molecule has 3 heteroatoms. The number of hydrogen-bond donors (Lipinski definition) is 1. The van der Waals surface area contributed by atoms with Crippen molar-refractivity contribution in [2.75, 3.05) is 5.33 Å². The standard InChI is InChI=1S/C11H23BrN2/c1-4-8(2)9(3)11(7-12)14(13)10-5-6-10/h8-11H,4-7,13H2,1-3H3/t8-,9-,11+/m0/s1. The monoisotopic (exact) mass is 262 g/mol. The van der Waals surface area contributed by atoms with Gasteiger partial charge in [-0.25, -0.2) is 5.01 Å². The van der Waals surface area contributed by atoms with Crippen molar-refractivity contribution < 1.29 is 0 Å². The number of alkyl halides is 1. The molecule has 0 bridgehead atoms. The van der Waals surface area contributed by atoms with Crippen LogP contribution in [-0.2, 0) is 0 Å². The van der Waals surface area contributed by atoms with Gasteiger partial charge in [0, 0.05) is 17.4 Å². The third-order valence-electron chi connectivity index (χ3n) is 3.66. The SMILES string of the molecule is CC[C@H](C)[C@H](C)[C@@H](CBr)N(N)C1CC1. The largest absolute Gasteiger partial charge is 0.268 e. The van der Waals surface area contributed by atoms with E-state index in [0.29, 0.717) is 18.0 Å². The lowest BCUT2D eigenvalue weighted by molar-refractivity contribution is 0.129. The van der Waals surface area contributed by atoms with Crippen LogP contribution < -0.4 is 5.84 Å². The summed E-state index contributed by atoms with van der Waals surface area (Å²) < 4.78 is 0. The van der Waals surface area contributed by atoms with Gasteiger partial charge in [0.1, 0.15) is 0 Å². The first-order chi connectivity index (χ1) is 6.61. The Balaban J connectivity index is 2.50. The third kappa shape index (κ3) is 2.94. The van der Waals surface area contributed by atoms with Crippen molar-refractivity contribution in [2.45, 2.75) is 52.1 Å². The fourth-order valence-corrected chi connectivity index (χ4v) is 2.81. The molecule has 1 aliphatic rings. The van der Waals surface area contributed by atoms with Gasteiger partial charge in [0.2, 0.25) is 0 Å². The number of halogens is 1. The molecule has 0 heterocycles. The summed E-state index contributed by atoms with van der Waals surface area (Å²) in [6.07, 6.45) is 3.81. The van der Waals surface area contributed by atoms with E-state index in [-0.39, 0.29) is 0 Å². The summed E-state index contributed by atoms with van der Waals surface area (Å²) in [5, 5.41) is 3.08. The highest BCUT2D eigenvalue weighted by Gasteiger charge is 2.34. The zero-order chi connectivity index (χ0) is 10.7. The number of nitrogens with zero attached hydrogens (tertiary/aromatic N) is 1. The Hall–Kier alpha value is 0.400. The molecule has 0 aromatic carbocycles. The van der Waals surface area contributed by atoms with Crippen LogP contribution in [0.25, 0.3) is 0 Å². The maximum absolute atomic E-state index is 6.13. The Bertz CT molecular complexity index is 171. The molecule has 2 nitrogen and oxygen atoms in total. The topological polar surface area (TPSA) is 29.3 Å². The van der Waals surface area contributed by atoms with Crippen LogP contribution in [0.2, 0.25) is 0 Å². The van der Waals surface area contributed by atoms with Crippen LogP contribution >= 0.6 is 15.9 Å². The molecule has 0 saturated heterocycles. The Morgan fingerprint density at radius 3 is 2.36 bits per heavy atom. The average molecular weight is 263 g/mol. The highest BCUT2D eigenvalue weighted by Crippen LogP contribution is 2.31. The van der Waals surface area contributed by atoms with E-state index in [9.17, 15) is 0 Å². The molecule has 84 valence electrons. The Morgan fingerprint density at radius 1 is 1.43 bits per heavy atom. The first kappa shape index (κ1) is 12.5. The van der Waals surface area contributed by atoms with Crippen LogP contribution in [0.4, 0.5) is 0 Å². The van der Waals surface area contributed by atoms with Crippen molar-refractivity contribution >= 4 is 15.9 Å². The minimum absolute atomic E-state index is 0.498. The van der Waals surface area contributed by atoms with E-state index in [1.807, 2.05) is 0 Å². The first-order valence-corrected chi connectivity index (χ1v) is 6.82. The van der Waals surface area contributed by atoms with Crippen molar-refractivity contribution in [1.82, 2.24) is 5.01 Å². The summed E-state index contributed by atoms with van der Waals surface area (Å²) in [5.74, 6) is 7.55. The van der Waals surface area contributed by atoms with Crippen molar-refractivity contribution in [3.05, 3.63) is 0 Å². The molecule has 0 aromatic rings. The highest BCUT2D eigenvalue weighted by molar-refractivity contribution is 9.09.